The lowest BCUT2D eigenvalue weighted by Gasteiger charge is -2.02. The maximum Gasteiger partial charge on any atom is 0.230 e. The second-order valence-electron chi connectivity index (χ2n) is 4.20. The molecule has 106 valence electrons. The van der Waals surface area contributed by atoms with Crippen molar-refractivity contribution in [2.24, 2.45) is 0 Å². The third kappa shape index (κ3) is 4.31. The maximum absolute atomic E-state index is 11.9. The van der Waals surface area contributed by atoms with E-state index in [1.807, 2.05) is 12.1 Å². The zero-order valence-corrected chi connectivity index (χ0v) is 13.2. The first-order valence-corrected chi connectivity index (χ1v) is 8.35. The highest BCUT2D eigenvalue weighted by Gasteiger charge is 2.08. The van der Waals surface area contributed by atoms with Gasteiger partial charge in [0.1, 0.15) is 0 Å². The third-order valence-electron chi connectivity index (χ3n) is 2.72. The lowest BCUT2D eigenvalue weighted by atomic mass is 10.1. The van der Waals surface area contributed by atoms with Crippen molar-refractivity contribution in [1.82, 2.24) is 10.2 Å². The number of thioether (sulfide) groups is 1. The van der Waals surface area contributed by atoms with Gasteiger partial charge in [-0.05, 0) is 23.3 Å². The van der Waals surface area contributed by atoms with Crippen LogP contribution in [0.2, 0.25) is 0 Å². The SMILES string of the molecule is CCSc1nnc(NC(=O)Cc2ccc(CC)cc2)s1. The summed E-state index contributed by atoms with van der Waals surface area (Å²) >= 11 is 3.04. The van der Waals surface area contributed by atoms with Gasteiger partial charge in [0.15, 0.2) is 4.34 Å². The number of rotatable bonds is 6. The number of carbonyl (C=O) groups is 1. The Kier molecular flexibility index (Phi) is 5.55. The molecular weight excluding hydrogens is 290 g/mol. The summed E-state index contributed by atoms with van der Waals surface area (Å²) in [6.07, 6.45) is 1.37. The quantitative estimate of drug-likeness (QED) is 0.656. The van der Waals surface area contributed by atoms with E-state index in [1.54, 1.807) is 11.8 Å². The van der Waals surface area contributed by atoms with Gasteiger partial charge in [-0.3, -0.25) is 4.79 Å². The Hall–Kier alpha value is -1.40. The van der Waals surface area contributed by atoms with Gasteiger partial charge in [-0.15, -0.1) is 10.2 Å². The molecule has 6 heteroatoms. The second-order valence-corrected chi connectivity index (χ2v) is 6.69. The molecule has 0 saturated carbocycles. The molecular formula is C14H17N3OS2. The van der Waals surface area contributed by atoms with Crippen molar-refractivity contribution < 1.29 is 4.79 Å². The summed E-state index contributed by atoms with van der Waals surface area (Å²) in [4.78, 5) is 11.9. The Labute approximate surface area is 127 Å². The van der Waals surface area contributed by atoms with Crippen LogP contribution in [0.15, 0.2) is 28.6 Å². The van der Waals surface area contributed by atoms with Crippen molar-refractivity contribution in [1.29, 1.82) is 0 Å². The van der Waals surface area contributed by atoms with Gasteiger partial charge in [-0.25, -0.2) is 0 Å². The van der Waals surface area contributed by atoms with Crippen LogP contribution in [0.1, 0.15) is 25.0 Å². The van der Waals surface area contributed by atoms with Gasteiger partial charge in [-0.2, -0.15) is 0 Å². The highest BCUT2D eigenvalue weighted by molar-refractivity contribution is 8.01. The molecule has 0 aliphatic heterocycles. The van der Waals surface area contributed by atoms with Gasteiger partial charge in [0.05, 0.1) is 6.42 Å². The fourth-order valence-corrected chi connectivity index (χ4v) is 3.35. The van der Waals surface area contributed by atoms with Crippen LogP contribution >= 0.6 is 23.1 Å². The normalized spacial score (nSPS) is 10.5. The number of benzene rings is 1. The van der Waals surface area contributed by atoms with Gasteiger partial charge in [0, 0.05) is 0 Å². The molecule has 0 atom stereocenters. The van der Waals surface area contributed by atoms with Crippen molar-refractivity contribution in [3.05, 3.63) is 35.4 Å². The topological polar surface area (TPSA) is 54.9 Å². The fourth-order valence-electron chi connectivity index (χ4n) is 1.68. The number of aryl methyl sites for hydroxylation is 1. The predicted octanol–water partition coefficient (Wildman–Crippen LogP) is 3.39. The van der Waals surface area contributed by atoms with Gasteiger partial charge in [0.25, 0.3) is 0 Å². The molecule has 0 bridgehead atoms. The predicted molar refractivity (Wildman–Crippen MR) is 84.5 cm³/mol. The van der Waals surface area contributed by atoms with Crippen LogP contribution in [0.5, 0.6) is 0 Å². The van der Waals surface area contributed by atoms with Crippen molar-refractivity contribution in [2.45, 2.75) is 31.0 Å². The molecule has 0 spiro atoms. The van der Waals surface area contributed by atoms with Gasteiger partial charge >= 0.3 is 0 Å². The van der Waals surface area contributed by atoms with Crippen molar-refractivity contribution in [3.8, 4) is 0 Å². The Balaban J connectivity index is 1.90. The van der Waals surface area contributed by atoms with Gasteiger partial charge in [-0.1, -0.05) is 61.2 Å². The molecule has 0 aliphatic rings. The Morgan fingerprint density at radius 2 is 1.90 bits per heavy atom. The summed E-state index contributed by atoms with van der Waals surface area (Å²) in [5.74, 6) is 0.894. The number of amides is 1. The maximum atomic E-state index is 11.9. The van der Waals surface area contributed by atoms with E-state index in [0.717, 1.165) is 22.1 Å². The monoisotopic (exact) mass is 307 g/mol. The number of nitrogens with one attached hydrogen (secondary N) is 1. The molecule has 1 aromatic carbocycles. The van der Waals surface area contributed by atoms with E-state index < -0.39 is 0 Å². The Bertz CT molecular complexity index is 566. The highest BCUT2D eigenvalue weighted by Crippen LogP contribution is 2.25. The smallest absolute Gasteiger partial charge is 0.230 e. The zero-order chi connectivity index (χ0) is 14.4. The molecule has 1 aromatic heterocycles. The van der Waals surface area contributed by atoms with E-state index in [1.165, 1.54) is 16.9 Å². The highest BCUT2D eigenvalue weighted by atomic mass is 32.2. The summed E-state index contributed by atoms with van der Waals surface area (Å²) in [7, 11) is 0. The van der Waals surface area contributed by atoms with Crippen LogP contribution in [-0.4, -0.2) is 21.9 Å². The van der Waals surface area contributed by atoms with E-state index in [0.29, 0.717) is 11.6 Å². The van der Waals surface area contributed by atoms with Crippen molar-refractivity contribution in [2.75, 3.05) is 11.1 Å². The minimum atomic E-state index is -0.0570. The average Bonchev–Trinajstić information content (AvgIpc) is 2.87. The van der Waals surface area contributed by atoms with E-state index >= 15 is 0 Å². The van der Waals surface area contributed by atoms with E-state index in [9.17, 15) is 4.79 Å². The average molecular weight is 307 g/mol. The standard InChI is InChI=1S/C14H17N3OS2/c1-3-10-5-7-11(8-6-10)9-12(18)15-13-16-17-14(20-13)19-4-2/h5-8H,3-4,9H2,1-2H3,(H,15,16,18). The first kappa shape index (κ1) is 15.0. The van der Waals surface area contributed by atoms with E-state index in [-0.39, 0.29) is 5.91 Å². The Morgan fingerprint density at radius 3 is 2.55 bits per heavy atom. The largest absolute Gasteiger partial charge is 0.300 e. The molecule has 0 fully saturated rings. The molecule has 4 nitrogen and oxygen atoms in total. The number of anilines is 1. The first-order valence-electron chi connectivity index (χ1n) is 6.55. The van der Waals surface area contributed by atoms with Gasteiger partial charge < -0.3 is 5.32 Å². The number of carbonyl (C=O) groups excluding carboxylic acids is 1. The Morgan fingerprint density at radius 1 is 1.20 bits per heavy atom. The molecule has 0 radical (unpaired) electrons. The zero-order valence-electron chi connectivity index (χ0n) is 11.5. The minimum Gasteiger partial charge on any atom is -0.300 e. The molecule has 0 unspecified atom stereocenters. The number of hydrogen-bond donors (Lipinski definition) is 1. The minimum absolute atomic E-state index is 0.0570. The second kappa shape index (κ2) is 7.40. The number of aromatic nitrogens is 2. The molecule has 20 heavy (non-hydrogen) atoms. The lowest BCUT2D eigenvalue weighted by molar-refractivity contribution is -0.115. The van der Waals surface area contributed by atoms with Crippen LogP contribution in [0, 0.1) is 0 Å². The van der Waals surface area contributed by atoms with Crippen LogP contribution in [0.4, 0.5) is 5.13 Å². The van der Waals surface area contributed by atoms with E-state index in [2.05, 4.69) is 41.5 Å². The van der Waals surface area contributed by atoms with Gasteiger partial charge in [0.2, 0.25) is 11.0 Å². The molecule has 0 saturated heterocycles. The number of nitrogens with zero attached hydrogens (tertiary/aromatic N) is 2. The summed E-state index contributed by atoms with van der Waals surface area (Å²) in [5, 5.41) is 11.3. The molecule has 1 amide bonds. The van der Waals surface area contributed by atoms with Crippen molar-refractivity contribution in [3.63, 3.8) is 0 Å². The molecule has 1 N–H and O–H groups in total. The van der Waals surface area contributed by atoms with Crippen LogP contribution in [0.3, 0.4) is 0 Å². The summed E-state index contributed by atoms with van der Waals surface area (Å²) in [6.45, 7) is 4.17. The number of hydrogen-bond acceptors (Lipinski definition) is 5. The van der Waals surface area contributed by atoms with Crippen LogP contribution in [-0.2, 0) is 17.6 Å². The first-order chi connectivity index (χ1) is 9.71. The van der Waals surface area contributed by atoms with Crippen molar-refractivity contribution >= 4 is 34.1 Å². The van der Waals surface area contributed by atoms with Crippen LogP contribution < -0.4 is 5.32 Å². The lowest BCUT2D eigenvalue weighted by Crippen LogP contribution is -2.14. The molecule has 1 heterocycles. The van der Waals surface area contributed by atoms with Crippen LogP contribution in [0.25, 0.3) is 0 Å². The van der Waals surface area contributed by atoms with E-state index in [4.69, 9.17) is 0 Å². The molecule has 2 aromatic rings. The summed E-state index contributed by atoms with van der Waals surface area (Å²) in [6, 6.07) is 8.11. The third-order valence-corrected chi connectivity index (χ3v) is 4.57. The fraction of sp³-hybridized carbons (Fsp3) is 0.357. The summed E-state index contributed by atoms with van der Waals surface area (Å²) in [5.41, 5.74) is 2.28. The summed E-state index contributed by atoms with van der Waals surface area (Å²) < 4.78 is 0.884. The molecule has 0 aliphatic carbocycles. The molecule has 2 rings (SSSR count).